The Bertz CT molecular complexity index is 873. The van der Waals surface area contributed by atoms with Gasteiger partial charge in [0.25, 0.3) is 0 Å². The van der Waals surface area contributed by atoms with E-state index < -0.39 is 11.7 Å². The third-order valence-corrected chi connectivity index (χ3v) is 5.03. The molecule has 166 valence electrons. The van der Waals surface area contributed by atoms with Crippen LogP contribution < -0.4 is 10.1 Å². The van der Waals surface area contributed by atoms with E-state index in [1.54, 1.807) is 0 Å². The van der Waals surface area contributed by atoms with E-state index in [0.29, 0.717) is 19.4 Å². The first-order valence-electron chi connectivity index (χ1n) is 10.7. The van der Waals surface area contributed by atoms with Gasteiger partial charge in [-0.1, -0.05) is 49.4 Å². The molecule has 1 aliphatic heterocycles. The molecule has 0 aliphatic carbocycles. The lowest BCUT2D eigenvalue weighted by Gasteiger charge is -2.26. The first kappa shape index (κ1) is 22.7. The summed E-state index contributed by atoms with van der Waals surface area (Å²) in [6.07, 6.45) is 0.181. The number of rotatable bonds is 7. The molecule has 1 N–H and O–H groups in total. The van der Waals surface area contributed by atoms with E-state index in [9.17, 15) is 9.59 Å². The number of amides is 1. The zero-order chi connectivity index (χ0) is 22.4. The number of alkyl carbamates (subject to hydrolysis) is 1. The molecule has 0 spiro atoms. The second-order valence-corrected chi connectivity index (χ2v) is 8.99. The summed E-state index contributed by atoms with van der Waals surface area (Å²) in [6, 6.07) is 17.3. The summed E-state index contributed by atoms with van der Waals surface area (Å²) in [6.45, 7) is 7.78. The highest BCUT2D eigenvalue weighted by Crippen LogP contribution is 2.25. The highest BCUT2D eigenvalue weighted by Gasteiger charge is 2.37. The van der Waals surface area contributed by atoms with Crippen molar-refractivity contribution in [3.63, 3.8) is 0 Å². The Labute approximate surface area is 183 Å². The molecule has 2 aromatic rings. The maximum absolute atomic E-state index is 12.4. The molecule has 31 heavy (non-hydrogen) atoms. The van der Waals surface area contributed by atoms with E-state index in [2.05, 4.69) is 5.32 Å². The van der Waals surface area contributed by atoms with Crippen LogP contribution in [0.25, 0.3) is 0 Å². The number of ether oxygens (including phenoxy) is 3. The van der Waals surface area contributed by atoms with Crippen LogP contribution >= 0.6 is 0 Å². The average molecular weight is 426 g/mol. The standard InChI is InChI=1S/C25H31NO5/c1-17-14-22(30-23(17)27)21(26-24(28)31-25(2,3)4)15-18-10-12-20(13-11-18)29-16-19-8-6-5-7-9-19/h5-13,17,21-22H,14-16H2,1-4H3,(H,26,28)/t17?,21?,22-/m0/s1. The van der Waals surface area contributed by atoms with Gasteiger partial charge in [0.05, 0.1) is 12.0 Å². The molecule has 1 amide bonds. The van der Waals surface area contributed by atoms with Crippen LogP contribution in [0, 0.1) is 5.92 Å². The molecular formula is C25H31NO5. The SMILES string of the molecule is CC1C[C@@H](C(Cc2ccc(OCc3ccccc3)cc2)NC(=O)OC(C)(C)C)OC1=O. The number of benzene rings is 2. The van der Waals surface area contributed by atoms with Crippen molar-refractivity contribution in [1.29, 1.82) is 0 Å². The first-order chi connectivity index (χ1) is 14.7. The maximum Gasteiger partial charge on any atom is 0.408 e. The lowest BCUT2D eigenvalue weighted by Crippen LogP contribution is -2.46. The number of carbonyl (C=O) groups is 2. The number of carbonyl (C=O) groups excluding carboxylic acids is 2. The summed E-state index contributed by atoms with van der Waals surface area (Å²) in [5.41, 5.74) is 1.50. The fourth-order valence-electron chi connectivity index (χ4n) is 3.46. The third-order valence-electron chi connectivity index (χ3n) is 5.03. The van der Waals surface area contributed by atoms with Crippen molar-refractivity contribution in [3.8, 4) is 5.75 Å². The van der Waals surface area contributed by atoms with Gasteiger partial charge in [-0.05, 0) is 56.9 Å². The van der Waals surface area contributed by atoms with Crippen LogP contribution in [0.3, 0.4) is 0 Å². The van der Waals surface area contributed by atoms with Crippen molar-refractivity contribution < 1.29 is 23.8 Å². The van der Waals surface area contributed by atoms with Crippen molar-refractivity contribution in [2.24, 2.45) is 5.92 Å². The van der Waals surface area contributed by atoms with E-state index in [1.165, 1.54) is 0 Å². The van der Waals surface area contributed by atoms with Gasteiger partial charge >= 0.3 is 12.1 Å². The minimum atomic E-state index is -0.605. The predicted octanol–water partition coefficient (Wildman–Crippen LogP) is 4.65. The first-order valence-corrected chi connectivity index (χ1v) is 10.7. The van der Waals surface area contributed by atoms with Crippen molar-refractivity contribution in [2.45, 2.75) is 64.9 Å². The Balaban J connectivity index is 1.64. The average Bonchev–Trinajstić information content (AvgIpc) is 3.05. The molecule has 3 atom stereocenters. The Morgan fingerprint density at radius 1 is 1.10 bits per heavy atom. The highest BCUT2D eigenvalue weighted by atomic mass is 16.6. The highest BCUT2D eigenvalue weighted by molar-refractivity contribution is 5.74. The largest absolute Gasteiger partial charge is 0.489 e. The minimum absolute atomic E-state index is 0.179. The van der Waals surface area contributed by atoms with Gasteiger partial charge in [0.2, 0.25) is 0 Å². The number of hydrogen-bond acceptors (Lipinski definition) is 5. The van der Waals surface area contributed by atoms with Crippen LogP contribution in [-0.2, 0) is 27.3 Å². The molecular weight excluding hydrogens is 394 g/mol. The smallest absolute Gasteiger partial charge is 0.408 e. The van der Waals surface area contributed by atoms with Gasteiger partial charge in [0.15, 0.2) is 0 Å². The van der Waals surface area contributed by atoms with E-state index >= 15 is 0 Å². The zero-order valence-corrected chi connectivity index (χ0v) is 18.6. The summed E-state index contributed by atoms with van der Waals surface area (Å²) in [7, 11) is 0. The fourth-order valence-corrected chi connectivity index (χ4v) is 3.46. The van der Waals surface area contributed by atoms with Crippen LogP contribution in [0.15, 0.2) is 54.6 Å². The Morgan fingerprint density at radius 3 is 2.35 bits per heavy atom. The zero-order valence-electron chi connectivity index (χ0n) is 18.6. The van der Waals surface area contributed by atoms with Crippen molar-refractivity contribution >= 4 is 12.1 Å². The molecule has 0 saturated carbocycles. The maximum atomic E-state index is 12.4. The molecule has 6 nitrogen and oxygen atoms in total. The summed E-state index contributed by atoms with van der Waals surface area (Å²) >= 11 is 0. The molecule has 0 bridgehead atoms. The van der Waals surface area contributed by atoms with E-state index in [4.69, 9.17) is 14.2 Å². The van der Waals surface area contributed by atoms with E-state index in [-0.39, 0.29) is 24.0 Å². The fraction of sp³-hybridized carbons (Fsp3) is 0.440. The van der Waals surface area contributed by atoms with Gasteiger partial charge in [-0.25, -0.2) is 4.79 Å². The van der Waals surface area contributed by atoms with Gasteiger partial charge in [-0.3, -0.25) is 4.79 Å². The summed E-state index contributed by atoms with van der Waals surface area (Å²) in [5.74, 6) is 0.359. The topological polar surface area (TPSA) is 73.9 Å². The van der Waals surface area contributed by atoms with Crippen molar-refractivity contribution in [2.75, 3.05) is 0 Å². The quantitative estimate of drug-likeness (QED) is 0.654. The molecule has 2 aromatic carbocycles. The summed E-state index contributed by atoms with van der Waals surface area (Å²) in [4.78, 5) is 24.3. The van der Waals surface area contributed by atoms with Gasteiger partial charge in [0.1, 0.15) is 24.1 Å². The van der Waals surface area contributed by atoms with Gasteiger partial charge < -0.3 is 19.5 Å². The van der Waals surface area contributed by atoms with Crippen molar-refractivity contribution in [3.05, 3.63) is 65.7 Å². The third kappa shape index (κ3) is 7.02. The lowest BCUT2D eigenvalue weighted by molar-refractivity contribution is -0.144. The monoisotopic (exact) mass is 425 g/mol. The van der Waals surface area contributed by atoms with Gasteiger partial charge in [0, 0.05) is 0 Å². The van der Waals surface area contributed by atoms with Crippen LogP contribution in [-0.4, -0.2) is 29.8 Å². The molecule has 1 fully saturated rings. The van der Waals surface area contributed by atoms with Crippen LogP contribution in [0.4, 0.5) is 4.79 Å². The molecule has 3 rings (SSSR count). The normalized spacial score (nSPS) is 19.4. The number of nitrogens with one attached hydrogen (secondary N) is 1. The Hall–Kier alpha value is -3.02. The Morgan fingerprint density at radius 2 is 1.77 bits per heavy atom. The molecule has 0 radical (unpaired) electrons. The van der Waals surface area contributed by atoms with Gasteiger partial charge in [-0.2, -0.15) is 0 Å². The molecule has 2 unspecified atom stereocenters. The van der Waals surface area contributed by atoms with E-state index in [0.717, 1.165) is 16.9 Å². The number of hydrogen-bond donors (Lipinski definition) is 1. The molecule has 0 aromatic heterocycles. The number of esters is 1. The summed E-state index contributed by atoms with van der Waals surface area (Å²) in [5, 5.41) is 2.90. The second kappa shape index (κ2) is 9.86. The summed E-state index contributed by atoms with van der Waals surface area (Å²) < 4.78 is 16.8. The van der Waals surface area contributed by atoms with Crippen molar-refractivity contribution in [1.82, 2.24) is 5.32 Å². The second-order valence-electron chi connectivity index (χ2n) is 8.99. The molecule has 6 heteroatoms. The molecule has 1 heterocycles. The number of cyclic esters (lactones) is 1. The van der Waals surface area contributed by atoms with Crippen LogP contribution in [0.2, 0.25) is 0 Å². The molecule has 1 aliphatic rings. The van der Waals surface area contributed by atoms with Crippen LogP contribution in [0.5, 0.6) is 5.75 Å². The van der Waals surface area contributed by atoms with Gasteiger partial charge in [-0.15, -0.1) is 0 Å². The van der Waals surface area contributed by atoms with E-state index in [1.807, 2.05) is 82.3 Å². The Kier molecular flexibility index (Phi) is 7.21. The lowest BCUT2D eigenvalue weighted by atomic mass is 9.96. The van der Waals surface area contributed by atoms with Crippen LogP contribution in [0.1, 0.15) is 45.2 Å². The minimum Gasteiger partial charge on any atom is -0.489 e. The molecule has 1 saturated heterocycles. The predicted molar refractivity (Wildman–Crippen MR) is 118 cm³/mol.